The fraction of sp³-hybridized carbons (Fsp3) is 0.516. The van der Waals surface area contributed by atoms with Crippen LogP contribution in [0.1, 0.15) is 63.0 Å². The zero-order valence-corrected chi connectivity index (χ0v) is 24.7. The number of nitrogens with zero attached hydrogens (tertiary/aromatic N) is 3. The number of hydrogen-bond donors (Lipinski definition) is 1. The standard InChI is InChI=1S/C31H38F2N4O3S/c1-31(2,3)13-17-37-28(39)26(41-29(37)23-9-8-21(32)18-24(23)33)19-27(38)35-14-11-22(12-15-35)36-16-10-20-6-4-5-7-25(20)34-30(36)40/h4-9,18,22,26,29H,10-17,19H2,1-3H3,(H,34,40). The summed E-state index contributed by atoms with van der Waals surface area (Å²) in [5, 5.41) is 1.77. The third-order valence-corrected chi connectivity index (χ3v) is 9.69. The number of para-hydroxylation sites is 1. The van der Waals surface area contributed by atoms with Crippen molar-refractivity contribution >= 4 is 35.3 Å². The zero-order chi connectivity index (χ0) is 29.3. The van der Waals surface area contributed by atoms with Gasteiger partial charge in [-0.05, 0) is 48.8 Å². The number of benzene rings is 2. The molecule has 3 aliphatic heterocycles. The minimum Gasteiger partial charge on any atom is -0.342 e. The number of urea groups is 1. The topological polar surface area (TPSA) is 73.0 Å². The van der Waals surface area contributed by atoms with Gasteiger partial charge in [-0.2, -0.15) is 0 Å². The monoisotopic (exact) mass is 584 g/mol. The van der Waals surface area contributed by atoms with Crippen molar-refractivity contribution in [3.05, 3.63) is 65.2 Å². The lowest BCUT2D eigenvalue weighted by atomic mass is 9.92. The summed E-state index contributed by atoms with van der Waals surface area (Å²) in [6.07, 6.45) is 2.85. The fourth-order valence-corrected chi connectivity index (χ4v) is 7.30. The molecule has 5 rings (SSSR count). The zero-order valence-electron chi connectivity index (χ0n) is 23.9. The first-order valence-electron chi connectivity index (χ1n) is 14.3. The molecule has 0 bridgehead atoms. The van der Waals surface area contributed by atoms with E-state index in [-0.39, 0.29) is 41.3 Å². The second-order valence-electron chi connectivity index (χ2n) is 12.3. The Morgan fingerprint density at radius 2 is 1.78 bits per heavy atom. The highest BCUT2D eigenvalue weighted by Crippen LogP contribution is 2.46. The smallest absolute Gasteiger partial charge is 0.322 e. The Kier molecular flexibility index (Phi) is 8.59. The molecule has 1 N–H and O–H groups in total. The van der Waals surface area contributed by atoms with Crippen LogP contribution >= 0.6 is 11.8 Å². The number of fused-ring (bicyclic) bond motifs is 1. The highest BCUT2D eigenvalue weighted by Gasteiger charge is 2.44. The predicted molar refractivity (Wildman–Crippen MR) is 156 cm³/mol. The van der Waals surface area contributed by atoms with Crippen LogP contribution in [0, 0.1) is 17.0 Å². The molecule has 2 saturated heterocycles. The Balaban J connectivity index is 1.21. The van der Waals surface area contributed by atoms with E-state index in [0.717, 1.165) is 23.7 Å². The minimum absolute atomic E-state index is 0.0268. The molecule has 10 heteroatoms. The number of nitrogens with one attached hydrogen (secondary N) is 1. The van der Waals surface area contributed by atoms with Gasteiger partial charge in [0.05, 0.1) is 5.25 Å². The number of hydrogen-bond acceptors (Lipinski definition) is 4. The van der Waals surface area contributed by atoms with Crippen LogP contribution < -0.4 is 5.32 Å². The van der Waals surface area contributed by atoms with E-state index < -0.39 is 22.3 Å². The maximum absolute atomic E-state index is 14.8. The van der Waals surface area contributed by atoms with Gasteiger partial charge >= 0.3 is 6.03 Å². The number of anilines is 1. The Hall–Kier alpha value is -3.14. The van der Waals surface area contributed by atoms with Crippen molar-refractivity contribution in [2.75, 3.05) is 31.5 Å². The lowest BCUT2D eigenvalue weighted by Gasteiger charge is -2.38. The second-order valence-corrected chi connectivity index (χ2v) is 13.6. The molecule has 41 heavy (non-hydrogen) atoms. The van der Waals surface area contributed by atoms with Gasteiger partial charge in [0.2, 0.25) is 11.8 Å². The predicted octanol–water partition coefficient (Wildman–Crippen LogP) is 5.81. The SMILES string of the molecule is CC(C)(C)CCN1C(=O)C(CC(=O)N2CCC(N3CCc4ccccc4NC3=O)CC2)SC1c1ccc(F)cc1F. The van der Waals surface area contributed by atoms with E-state index in [2.05, 4.69) is 26.1 Å². The van der Waals surface area contributed by atoms with Gasteiger partial charge in [-0.3, -0.25) is 9.59 Å². The first kappa shape index (κ1) is 29.4. The van der Waals surface area contributed by atoms with Gasteiger partial charge in [0, 0.05) is 56.0 Å². The van der Waals surface area contributed by atoms with Crippen LogP contribution in [0.4, 0.5) is 19.3 Å². The van der Waals surface area contributed by atoms with Crippen molar-refractivity contribution in [3.63, 3.8) is 0 Å². The molecule has 220 valence electrons. The average molecular weight is 585 g/mol. The summed E-state index contributed by atoms with van der Waals surface area (Å²) < 4.78 is 28.4. The van der Waals surface area contributed by atoms with Crippen LogP contribution in [0.3, 0.4) is 0 Å². The van der Waals surface area contributed by atoms with Crippen LogP contribution in [0.2, 0.25) is 0 Å². The van der Waals surface area contributed by atoms with Crippen LogP contribution in [0.15, 0.2) is 42.5 Å². The molecule has 4 amide bonds. The van der Waals surface area contributed by atoms with Gasteiger partial charge in [-0.15, -0.1) is 11.8 Å². The maximum Gasteiger partial charge on any atom is 0.322 e. The molecule has 2 aromatic carbocycles. The largest absolute Gasteiger partial charge is 0.342 e. The molecule has 2 atom stereocenters. The minimum atomic E-state index is -0.689. The van der Waals surface area contributed by atoms with Crippen LogP contribution in [-0.2, 0) is 16.0 Å². The summed E-state index contributed by atoms with van der Waals surface area (Å²) in [5.74, 6) is -1.65. The number of likely N-dealkylation sites (tertiary alicyclic amines) is 1. The molecule has 2 unspecified atom stereocenters. The maximum atomic E-state index is 14.8. The summed E-state index contributed by atoms with van der Waals surface area (Å²) in [6.45, 7) is 8.30. The van der Waals surface area contributed by atoms with E-state index in [1.165, 1.54) is 23.9 Å². The number of amides is 4. The Labute approximate surface area is 244 Å². The molecule has 2 fully saturated rings. The highest BCUT2D eigenvalue weighted by atomic mass is 32.2. The molecule has 3 heterocycles. The summed E-state index contributed by atoms with van der Waals surface area (Å²) in [6, 6.07) is 11.2. The number of carbonyl (C=O) groups is 3. The fourth-order valence-electron chi connectivity index (χ4n) is 5.80. The molecule has 0 radical (unpaired) electrons. The van der Waals surface area contributed by atoms with Crippen LogP contribution in [0.25, 0.3) is 0 Å². The molecular weight excluding hydrogens is 546 g/mol. The molecule has 0 aromatic heterocycles. The van der Waals surface area contributed by atoms with Crippen molar-refractivity contribution in [1.29, 1.82) is 0 Å². The molecule has 0 aliphatic carbocycles. The Bertz CT molecular complexity index is 1310. The van der Waals surface area contributed by atoms with Gasteiger partial charge in [0.25, 0.3) is 0 Å². The normalized spacial score (nSPS) is 22.0. The van der Waals surface area contributed by atoms with Gasteiger partial charge in [0.1, 0.15) is 17.0 Å². The van der Waals surface area contributed by atoms with E-state index >= 15 is 0 Å². The first-order valence-corrected chi connectivity index (χ1v) is 15.3. The average Bonchev–Trinajstić information content (AvgIpc) is 3.11. The molecular formula is C31H38F2N4O3S. The summed E-state index contributed by atoms with van der Waals surface area (Å²) in [5.41, 5.74) is 2.18. The van der Waals surface area contributed by atoms with Crippen molar-refractivity contribution in [3.8, 4) is 0 Å². The van der Waals surface area contributed by atoms with Crippen LogP contribution in [0.5, 0.6) is 0 Å². The number of carbonyl (C=O) groups excluding carboxylic acids is 3. The summed E-state index contributed by atoms with van der Waals surface area (Å²) in [4.78, 5) is 45.1. The van der Waals surface area contributed by atoms with E-state index in [1.54, 1.807) is 9.80 Å². The molecule has 0 spiro atoms. The lowest BCUT2D eigenvalue weighted by Crippen LogP contribution is -2.50. The number of halogens is 2. The summed E-state index contributed by atoms with van der Waals surface area (Å²) in [7, 11) is 0. The van der Waals surface area contributed by atoms with Crippen molar-refractivity contribution < 1.29 is 23.2 Å². The Morgan fingerprint density at radius 1 is 1.05 bits per heavy atom. The molecule has 2 aromatic rings. The number of rotatable bonds is 6. The molecule has 0 saturated carbocycles. The van der Waals surface area contributed by atoms with Crippen LogP contribution in [-0.4, -0.2) is 70.0 Å². The van der Waals surface area contributed by atoms with E-state index in [9.17, 15) is 23.2 Å². The number of piperidine rings is 1. The van der Waals surface area contributed by atoms with E-state index in [0.29, 0.717) is 45.4 Å². The van der Waals surface area contributed by atoms with Gasteiger partial charge in [0.15, 0.2) is 0 Å². The third kappa shape index (κ3) is 6.68. The van der Waals surface area contributed by atoms with Gasteiger partial charge in [-0.1, -0.05) is 45.0 Å². The Morgan fingerprint density at radius 3 is 2.49 bits per heavy atom. The van der Waals surface area contributed by atoms with Crippen molar-refractivity contribution in [2.45, 2.75) is 69.5 Å². The third-order valence-electron chi connectivity index (χ3n) is 8.23. The number of thioether (sulfide) groups is 1. The first-order chi connectivity index (χ1) is 19.5. The lowest BCUT2D eigenvalue weighted by molar-refractivity contribution is -0.137. The molecule has 7 nitrogen and oxygen atoms in total. The van der Waals surface area contributed by atoms with Crippen molar-refractivity contribution in [1.82, 2.24) is 14.7 Å². The highest BCUT2D eigenvalue weighted by molar-refractivity contribution is 8.01. The van der Waals surface area contributed by atoms with Crippen molar-refractivity contribution in [2.24, 2.45) is 5.41 Å². The summed E-state index contributed by atoms with van der Waals surface area (Å²) >= 11 is 1.27. The molecule has 3 aliphatic rings. The van der Waals surface area contributed by atoms with Gasteiger partial charge < -0.3 is 20.0 Å². The van der Waals surface area contributed by atoms with E-state index in [4.69, 9.17) is 0 Å². The second kappa shape index (κ2) is 12.0. The van der Waals surface area contributed by atoms with Gasteiger partial charge in [-0.25, -0.2) is 13.6 Å². The quantitative estimate of drug-likeness (QED) is 0.465. The van der Waals surface area contributed by atoms with E-state index in [1.807, 2.05) is 29.2 Å².